The standard InChI is InChI=1S/C23H31N3OS/c1-15-3-4-21-25-20(12-26(21)11-15)13-28-14-22(27)24-16(2)23-8-17-5-18(9-23)7-19(6-17)10-23/h3-4,11-12,16-19H,5-10,13-14H2,1-2H3,(H,24,27). The Morgan fingerprint density at radius 2 is 1.89 bits per heavy atom. The van der Waals surface area contributed by atoms with Gasteiger partial charge in [-0.3, -0.25) is 4.79 Å². The van der Waals surface area contributed by atoms with E-state index < -0.39 is 0 Å². The first-order chi connectivity index (χ1) is 13.5. The van der Waals surface area contributed by atoms with Gasteiger partial charge in [0.05, 0.1) is 11.4 Å². The van der Waals surface area contributed by atoms with Gasteiger partial charge in [-0.25, -0.2) is 4.98 Å². The van der Waals surface area contributed by atoms with E-state index in [0.29, 0.717) is 17.2 Å². The van der Waals surface area contributed by atoms with Crippen LogP contribution in [0.2, 0.25) is 0 Å². The second-order valence-corrected chi connectivity index (χ2v) is 10.8. The summed E-state index contributed by atoms with van der Waals surface area (Å²) < 4.78 is 2.07. The van der Waals surface area contributed by atoms with Gasteiger partial charge in [-0.2, -0.15) is 0 Å². The molecule has 0 spiro atoms. The lowest BCUT2D eigenvalue weighted by molar-refractivity contribution is -0.123. The van der Waals surface area contributed by atoms with E-state index in [-0.39, 0.29) is 5.91 Å². The summed E-state index contributed by atoms with van der Waals surface area (Å²) in [5, 5.41) is 3.37. The Morgan fingerprint density at radius 3 is 2.57 bits per heavy atom. The van der Waals surface area contributed by atoms with E-state index >= 15 is 0 Å². The van der Waals surface area contributed by atoms with Crippen LogP contribution >= 0.6 is 11.8 Å². The van der Waals surface area contributed by atoms with Crippen molar-refractivity contribution in [1.82, 2.24) is 14.7 Å². The van der Waals surface area contributed by atoms with Gasteiger partial charge in [-0.05, 0) is 87.2 Å². The molecule has 4 nitrogen and oxygen atoms in total. The molecule has 0 aliphatic heterocycles. The van der Waals surface area contributed by atoms with Crippen molar-refractivity contribution in [3.05, 3.63) is 35.8 Å². The molecule has 2 heterocycles. The molecule has 2 aromatic rings. The predicted molar refractivity (Wildman–Crippen MR) is 114 cm³/mol. The number of thioether (sulfide) groups is 1. The average molecular weight is 398 g/mol. The third-order valence-electron chi connectivity index (χ3n) is 7.51. The third kappa shape index (κ3) is 3.47. The largest absolute Gasteiger partial charge is 0.352 e. The number of hydrogen-bond acceptors (Lipinski definition) is 3. The van der Waals surface area contributed by atoms with E-state index in [2.05, 4.69) is 47.0 Å². The number of fused-ring (bicyclic) bond motifs is 1. The molecule has 0 radical (unpaired) electrons. The minimum atomic E-state index is 0.188. The van der Waals surface area contributed by atoms with Crippen LogP contribution in [0, 0.1) is 30.1 Å². The topological polar surface area (TPSA) is 46.4 Å². The maximum atomic E-state index is 12.6. The first-order valence-corrected chi connectivity index (χ1v) is 12.0. The highest BCUT2D eigenvalue weighted by Gasteiger charge is 2.53. The number of imidazole rings is 1. The number of nitrogens with one attached hydrogen (secondary N) is 1. The highest BCUT2D eigenvalue weighted by molar-refractivity contribution is 7.99. The highest BCUT2D eigenvalue weighted by Crippen LogP contribution is 2.61. The van der Waals surface area contributed by atoms with Crippen molar-refractivity contribution in [2.75, 3.05) is 5.75 Å². The first kappa shape index (κ1) is 18.5. The minimum absolute atomic E-state index is 0.188. The number of nitrogens with zero attached hydrogens (tertiary/aromatic N) is 2. The van der Waals surface area contributed by atoms with Crippen molar-refractivity contribution in [2.45, 2.75) is 64.2 Å². The summed E-state index contributed by atoms with van der Waals surface area (Å²) >= 11 is 1.67. The lowest BCUT2D eigenvalue weighted by Crippen LogP contribution is -2.56. The zero-order chi connectivity index (χ0) is 19.3. The van der Waals surface area contributed by atoms with Crippen LogP contribution in [0.1, 0.15) is 56.7 Å². The van der Waals surface area contributed by atoms with Gasteiger partial charge >= 0.3 is 0 Å². The molecule has 1 amide bonds. The molecule has 0 saturated heterocycles. The van der Waals surface area contributed by atoms with Crippen molar-refractivity contribution in [3.8, 4) is 0 Å². The van der Waals surface area contributed by atoms with Crippen LogP contribution in [-0.2, 0) is 10.5 Å². The fourth-order valence-electron chi connectivity index (χ4n) is 6.62. The van der Waals surface area contributed by atoms with Crippen LogP contribution in [0.5, 0.6) is 0 Å². The zero-order valence-electron chi connectivity index (χ0n) is 17.0. The van der Waals surface area contributed by atoms with Gasteiger partial charge in [0.25, 0.3) is 0 Å². The number of hydrogen-bond donors (Lipinski definition) is 1. The Bertz CT molecular complexity index is 854. The van der Waals surface area contributed by atoms with E-state index in [0.717, 1.165) is 34.8 Å². The fraction of sp³-hybridized carbons (Fsp3) is 0.652. The van der Waals surface area contributed by atoms with Crippen molar-refractivity contribution in [1.29, 1.82) is 0 Å². The summed E-state index contributed by atoms with van der Waals surface area (Å²) in [6, 6.07) is 4.44. The summed E-state index contributed by atoms with van der Waals surface area (Å²) in [5.41, 5.74) is 3.62. The van der Waals surface area contributed by atoms with E-state index in [4.69, 9.17) is 0 Å². The molecule has 4 fully saturated rings. The highest BCUT2D eigenvalue weighted by atomic mass is 32.2. The monoisotopic (exact) mass is 397 g/mol. The number of aromatic nitrogens is 2. The fourth-order valence-corrected chi connectivity index (χ4v) is 7.34. The summed E-state index contributed by atoms with van der Waals surface area (Å²) in [6.45, 7) is 4.35. The van der Waals surface area contributed by atoms with Gasteiger partial charge in [0.2, 0.25) is 5.91 Å². The van der Waals surface area contributed by atoms with Gasteiger partial charge in [0.15, 0.2) is 0 Å². The predicted octanol–water partition coefficient (Wildman–Crippen LogP) is 4.60. The van der Waals surface area contributed by atoms with Crippen LogP contribution in [0.15, 0.2) is 24.5 Å². The lowest BCUT2D eigenvalue weighted by Gasteiger charge is -2.59. The number of pyridine rings is 1. The molecule has 150 valence electrons. The molecule has 28 heavy (non-hydrogen) atoms. The Labute approximate surface area is 171 Å². The van der Waals surface area contributed by atoms with Crippen molar-refractivity contribution in [3.63, 3.8) is 0 Å². The molecule has 4 bridgehead atoms. The number of rotatable bonds is 6. The van der Waals surface area contributed by atoms with Crippen LogP contribution < -0.4 is 5.32 Å². The van der Waals surface area contributed by atoms with Crippen molar-refractivity contribution in [2.24, 2.45) is 23.2 Å². The number of aryl methyl sites for hydroxylation is 1. The average Bonchev–Trinajstić information content (AvgIpc) is 3.02. The zero-order valence-corrected chi connectivity index (χ0v) is 17.8. The van der Waals surface area contributed by atoms with Gasteiger partial charge in [0.1, 0.15) is 5.65 Å². The van der Waals surface area contributed by atoms with Crippen molar-refractivity contribution >= 4 is 23.3 Å². The van der Waals surface area contributed by atoms with E-state index in [1.807, 2.05) is 6.07 Å². The number of carbonyl (C=O) groups excluding carboxylic acids is 1. The van der Waals surface area contributed by atoms with E-state index in [1.165, 1.54) is 44.1 Å². The molecule has 0 aromatic carbocycles. The molecular weight excluding hydrogens is 366 g/mol. The first-order valence-electron chi connectivity index (χ1n) is 10.8. The SMILES string of the molecule is Cc1ccc2nc(CSCC(=O)NC(C)C34CC5CC(CC(C5)C3)C4)cn2c1. The second-order valence-electron chi connectivity index (χ2n) is 9.77. The van der Waals surface area contributed by atoms with Crippen LogP contribution in [0.4, 0.5) is 0 Å². The third-order valence-corrected chi connectivity index (χ3v) is 8.48. The number of carbonyl (C=O) groups is 1. The summed E-state index contributed by atoms with van der Waals surface area (Å²) in [5.74, 6) is 4.27. The van der Waals surface area contributed by atoms with E-state index in [9.17, 15) is 4.79 Å². The van der Waals surface area contributed by atoms with Crippen LogP contribution in [0.25, 0.3) is 5.65 Å². The quantitative estimate of drug-likeness (QED) is 0.775. The molecule has 6 rings (SSSR count). The van der Waals surface area contributed by atoms with Gasteiger partial charge < -0.3 is 9.72 Å². The summed E-state index contributed by atoms with van der Waals surface area (Å²) in [7, 11) is 0. The molecule has 4 aliphatic carbocycles. The maximum absolute atomic E-state index is 12.6. The summed E-state index contributed by atoms with van der Waals surface area (Å²) in [4.78, 5) is 17.2. The van der Waals surface area contributed by atoms with Crippen LogP contribution in [0.3, 0.4) is 0 Å². The van der Waals surface area contributed by atoms with Crippen molar-refractivity contribution < 1.29 is 4.79 Å². The minimum Gasteiger partial charge on any atom is -0.352 e. The van der Waals surface area contributed by atoms with E-state index in [1.54, 1.807) is 11.8 Å². The summed E-state index contributed by atoms with van der Waals surface area (Å²) in [6.07, 6.45) is 12.6. The molecule has 1 unspecified atom stereocenters. The molecule has 1 N–H and O–H groups in total. The lowest BCUT2D eigenvalue weighted by atomic mass is 9.48. The molecular formula is C23H31N3OS. The second kappa shape index (κ2) is 7.08. The normalized spacial score (nSPS) is 32.0. The molecule has 4 aliphatic rings. The molecule has 5 heteroatoms. The molecule has 4 saturated carbocycles. The smallest absolute Gasteiger partial charge is 0.230 e. The van der Waals surface area contributed by atoms with Crippen LogP contribution in [-0.4, -0.2) is 27.1 Å². The van der Waals surface area contributed by atoms with Gasteiger partial charge in [-0.15, -0.1) is 11.8 Å². The van der Waals surface area contributed by atoms with Gasteiger partial charge in [-0.1, -0.05) is 6.07 Å². The molecule has 2 aromatic heterocycles. The Hall–Kier alpha value is -1.49. The Morgan fingerprint density at radius 1 is 1.21 bits per heavy atom. The Balaban J connectivity index is 1.14. The van der Waals surface area contributed by atoms with Gasteiger partial charge in [0, 0.05) is 24.2 Å². The Kier molecular flexibility index (Phi) is 4.69. The molecule has 1 atom stereocenters. The number of amides is 1. The maximum Gasteiger partial charge on any atom is 0.230 e.